The zero-order valence-corrected chi connectivity index (χ0v) is 14.3. The van der Waals surface area contributed by atoms with Crippen molar-refractivity contribution in [2.45, 2.75) is 24.3 Å². The number of aromatic nitrogens is 2. The number of benzene rings is 1. The van der Waals surface area contributed by atoms with Gasteiger partial charge in [-0.2, -0.15) is 4.98 Å². The molecule has 1 unspecified atom stereocenters. The minimum atomic E-state index is -3.29. The molecule has 2 aromatic rings. The summed E-state index contributed by atoms with van der Waals surface area (Å²) in [5.74, 6) is 0.870. The van der Waals surface area contributed by atoms with Gasteiger partial charge < -0.3 is 9.84 Å². The number of rotatable bonds is 5. The van der Waals surface area contributed by atoms with Crippen molar-refractivity contribution in [3.05, 3.63) is 28.5 Å². The summed E-state index contributed by atoms with van der Waals surface area (Å²) in [6.07, 6.45) is 1.79. The van der Waals surface area contributed by atoms with Gasteiger partial charge in [-0.1, -0.05) is 5.16 Å². The Labute approximate surface area is 132 Å². The Morgan fingerprint density at radius 2 is 2.14 bits per heavy atom. The monoisotopic (exact) mass is 373 g/mol. The standard InChI is InChI=1S/C13H16BrN3O3S/c1-8(15-2)6-12-16-13(20-17-12)10-7-9(21(3,18)19)4-5-11(10)14/h4-5,7-8,15H,6H2,1-3H3. The van der Waals surface area contributed by atoms with Gasteiger partial charge in [0.1, 0.15) is 0 Å². The van der Waals surface area contributed by atoms with E-state index < -0.39 is 9.84 Å². The molecule has 0 radical (unpaired) electrons. The summed E-state index contributed by atoms with van der Waals surface area (Å²) in [5.41, 5.74) is 0.564. The molecular weight excluding hydrogens is 358 g/mol. The van der Waals surface area contributed by atoms with Crippen LogP contribution in [-0.4, -0.2) is 37.9 Å². The number of halogens is 1. The smallest absolute Gasteiger partial charge is 0.259 e. The number of nitrogens with one attached hydrogen (secondary N) is 1. The highest BCUT2D eigenvalue weighted by Gasteiger charge is 2.16. The molecule has 8 heteroatoms. The molecule has 0 aliphatic carbocycles. The Morgan fingerprint density at radius 3 is 2.76 bits per heavy atom. The van der Waals surface area contributed by atoms with Crippen molar-refractivity contribution in [3.8, 4) is 11.5 Å². The van der Waals surface area contributed by atoms with E-state index in [1.807, 2.05) is 14.0 Å². The van der Waals surface area contributed by atoms with Gasteiger partial charge in [0.15, 0.2) is 15.7 Å². The van der Waals surface area contributed by atoms with Gasteiger partial charge in [0.05, 0.1) is 10.5 Å². The molecule has 0 amide bonds. The van der Waals surface area contributed by atoms with E-state index >= 15 is 0 Å². The van der Waals surface area contributed by atoms with Crippen molar-refractivity contribution in [3.63, 3.8) is 0 Å². The summed E-state index contributed by atoms with van der Waals surface area (Å²) >= 11 is 3.37. The lowest BCUT2D eigenvalue weighted by atomic mass is 10.2. The maximum absolute atomic E-state index is 11.6. The molecular formula is C13H16BrN3O3S. The van der Waals surface area contributed by atoms with Crippen molar-refractivity contribution in [1.82, 2.24) is 15.5 Å². The van der Waals surface area contributed by atoms with Gasteiger partial charge in [0.25, 0.3) is 5.89 Å². The van der Waals surface area contributed by atoms with Gasteiger partial charge in [-0.15, -0.1) is 0 Å². The molecule has 1 N–H and O–H groups in total. The lowest BCUT2D eigenvalue weighted by Gasteiger charge is -2.05. The fourth-order valence-corrected chi connectivity index (χ4v) is 2.78. The summed E-state index contributed by atoms with van der Waals surface area (Å²) in [7, 11) is -1.43. The summed E-state index contributed by atoms with van der Waals surface area (Å²) in [4.78, 5) is 4.52. The first-order chi connectivity index (χ1) is 9.81. The predicted octanol–water partition coefficient (Wildman–Crippen LogP) is 2.05. The Bertz CT molecular complexity index is 743. The molecule has 0 aliphatic heterocycles. The minimum Gasteiger partial charge on any atom is -0.334 e. The summed E-state index contributed by atoms with van der Waals surface area (Å²) in [5, 5.41) is 7.01. The molecule has 0 fully saturated rings. The van der Waals surface area contributed by atoms with E-state index in [0.717, 1.165) is 6.26 Å². The number of hydrogen-bond donors (Lipinski definition) is 1. The first kappa shape index (κ1) is 16.1. The molecule has 0 aliphatic rings. The fraction of sp³-hybridized carbons (Fsp3) is 0.385. The molecule has 2 rings (SSSR count). The maximum atomic E-state index is 11.6. The summed E-state index contributed by atoms with van der Waals surface area (Å²) in [6.45, 7) is 2.01. The molecule has 1 aromatic heterocycles. The number of sulfone groups is 1. The normalized spacial score (nSPS) is 13.3. The second kappa shape index (κ2) is 6.25. The van der Waals surface area contributed by atoms with Crippen LogP contribution in [0.1, 0.15) is 12.7 Å². The molecule has 1 aromatic carbocycles. The third-order valence-corrected chi connectivity index (χ3v) is 4.85. The molecule has 0 spiro atoms. The van der Waals surface area contributed by atoms with Crippen LogP contribution in [0.4, 0.5) is 0 Å². The third-order valence-electron chi connectivity index (χ3n) is 3.05. The topological polar surface area (TPSA) is 85.1 Å². The van der Waals surface area contributed by atoms with Gasteiger partial charge in [0, 0.05) is 23.2 Å². The van der Waals surface area contributed by atoms with Crippen molar-refractivity contribution in [2.24, 2.45) is 0 Å². The van der Waals surface area contributed by atoms with Crippen LogP contribution >= 0.6 is 15.9 Å². The van der Waals surface area contributed by atoms with Crippen LogP contribution in [0.15, 0.2) is 32.1 Å². The highest BCUT2D eigenvalue weighted by atomic mass is 79.9. The lowest BCUT2D eigenvalue weighted by molar-refractivity contribution is 0.418. The Morgan fingerprint density at radius 1 is 1.43 bits per heavy atom. The summed E-state index contributed by atoms with van der Waals surface area (Å²) < 4.78 is 29.2. The summed E-state index contributed by atoms with van der Waals surface area (Å²) in [6, 6.07) is 4.94. The van der Waals surface area contributed by atoms with Crippen LogP contribution < -0.4 is 5.32 Å². The van der Waals surface area contributed by atoms with E-state index in [1.165, 1.54) is 12.1 Å². The largest absolute Gasteiger partial charge is 0.334 e. The van der Waals surface area contributed by atoms with E-state index in [1.54, 1.807) is 6.07 Å². The van der Waals surface area contributed by atoms with Crippen LogP contribution in [0.2, 0.25) is 0 Å². The van der Waals surface area contributed by atoms with E-state index in [0.29, 0.717) is 28.2 Å². The predicted molar refractivity (Wildman–Crippen MR) is 82.8 cm³/mol. The minimum absolute atomic E-state index is 0.212. The Hall–Kier alpha value is -1.25. The van der Waals surface area contributed by atoms with Crippen molar-refractivity contribution in [2.75, 3.05) is 13.3 Å². The molecule has 0 saturated carbocycles. The second-order valence-corrected chi connectivity index (χ2v) is 7.69. The zero-order valence-electron chi connectivity index (χ0n) is 11.9. The van der Waals surface area contributed by atoms with Gasteiger partial charge in [-0.25, -0.2) is 8.42 Å². The third kappa shape index (κ3) is 3.90. The number of hydrogen-bond acceptors (Lipinski definition) is 6. The molecule has 1 heterocycles. The first-order valence-electron chi connectivity index (χ1n) is 6.31. The van der Waals surface area contributed by atoms with E-state index in [4.69, 9.17) is 4.52 Å². The van der Waals surface area contributed by atoms with Crippen molar-refractivity contribution < 1.29 is 12.9 Å². The van der Waals surface area contributed by atoms with E-state index in [2.05, 4.69) is 31.4 Å². The first-order valence-corrected chi connectivity index (χ1v) is 8.99. The zero-order chi connectivity index (χ0) is 15.6. The van der Waals surface area contributed by atoms with Crippen molar-refractivity contribution >= 4 is 25.8 Å². The molecule has 0 saturated heterocycles. The lowest BCUT2D eigenvalue weighted by Crippen LogP contribution is -2.24. The average Bonchev–Trinajstić information content (AvgIpc) is 2.86. The fourth-order valence-electron chi connectivity index (χ4n) is 1.72. The molecule has 6 nitrogen and oxygen atoms in total. The molecule has 21 heavy (non-hydrogen) atoms. The van der Waals surface area contributed by atoms with Gasteiger partial charge in [0.2, 0.25) is 0 Å². The number of likely N-dealkylation sites (N-methyl/N-ethyl adjacent to an activating group) is 1. The quantitative estimate of drug-likeness (QED) is 0.862. The highest BCUT2D eigenvalue weighted by molar-refractivity contribution is 9.10. The van der Waals surface area contributed by atoms with Crippen molar-refractivity contribution in [1.29, 1.82) is 0 Å². The number of nitrogens with zero attached hydrogens (tertiary/aromatic N) is 2. The van der Waals surface area contributed by atoms with Gasteiger partial charge >= 0.3 is 0 Å². The van der Waals surface area contributed by atoms with E-state index in [9.17, 15) is 8.42 Å². The van der Waals surface area contributed by atoms with Crippen LogP contribution in [0.25, 0.3) is 11.5 Å². The molecule has 114 valence electrons. The van der Waals surface area contributed by atoms with Gasteiger partial charge in [-0.3, -0.25) is 0 Å². The highest BCUT2D eigenvalue weighted by Crippen LogP contribution is 2.29. The SMILES string of the molecule is CNC(C)Cc1noc(-c2cc(S(C)(=O)=O)ccc2Br)n1. The second-order valence-electron chi connectivity index (χ2n) is 4.82. The Balaban J connectivity index is 2.38. The van der Waals surface area contributed by atoms with Crippen LogP contribution in [-0.2, 0) is 16.3 Å². The maximum Gasteiger partial charge on any atom is 0.259 e. The average molecular weight is 374 g/mol. The van der Waals surface area contributed by atoms with Gasteiger partial charge in [-0.05, 0) is 48.1 Å². The van der Waals surface area contributed by atoms with Crippen LogP contribution in [0.3, 0.4) is 0 Å². The molecule has 1 atom stereocenters. The van der Waals surface area contributed by atoms with Crippen LogP contribution in [0.5, 0.6) is 0 Å². The van der Waals surface area contributed by atoms with E-state index in [-0.39, 0.29) is 10.9 Å². The Kier molecular flexibility index (Phi) is 4.80. The molecule has 0 bridgehead atoms. The van der Waals surface area contributed by atoms with Crippen LogP contribution in [0, 0.1) is 0 Å².